The summed E-state index contributed by atoms with van der Waals surface area (Å²) in [5.74, 6) is 0.925. The number of rotatable bonds is 7. The molecule has 0 fully saturated rings. The van der Waals surface area contributed by atoms with Crippen molar-refractivity contribution in [2.75, 3.05) is 31.8 Å². The Balaban J connectivity index is 0.000000209. The van der Waals surface area contributed by atoms with Crippen LogP contribution in [0.3, 0.4) is 0 Å². The standard InChI is InChI=1S/C14H14N2.C10H14O2/c15-13-9-8-12(14(16)10-13)7-6-11-4-2-1-3-5-11;1-11-8-5-9-12-10-6-3-2-4-7-10/h1-10H,15-16H2;2-4,6-7H,5,8-9H2,1H3. The maximum absolute atomic E-state index is 5.85. The second kappa shape index (κ2) is 12.2. The Labute approximate surface area is 167 Å². The van der Waals surface area contributed by atoms with E-state index in [1.54, 1.807) is 13.2 Å². The summed E-state index contributed by atoms with van der Waals surface area (Å²) in [5.41, 5.74) is 15.0. The molecule has 0 aromatic heterocycles. The van der Waals surface area contributed by atoms with E-state index in [-0.39, 0.29) is 0 Å². The van der Waals surface area contributed by atoms with Crippen molar-refractivity contribution in [1.29, 1.82) is 0 Å². The van der Waals surface area contributed by atoms with Crippen LogP contribution in [-0.4, -0.2) is 20.3 Å². The van der Waals surface area contributed by atoms with Gasteiger partial charge in [0.1, 0.15) is 5.75 Å². The Morgan fingerprint density at radius 3 is 2.11 bits per heavy atom. The lowest BCUT2D eigenvalue weighted by atomic mass is 10.1. The lowest BCUT2D eigenvalue weighted by Crippen LogP contribution is -2.00. The molecule has 3 aromatic carbocycles. The van der Waals surface area contributed by atoms with Crippen molar-refractivity contribution in [3.63, 3.8) is 0 Å². The molecule has 0 spiro atoms. The summed E-state index contributed by atoms with van der Waals surface area (Å²) in [6, 6.07) is 25.4. The summed E-state index contributed by atoms with van der Waals surface area (Å²) < 4.78 is 10.3. The molecule has 0 bridgehead atoms. The lowest BCUT2D eigenvalue weighted by molar-refractivity contribution is 0.172. The third-order valence-corrected chi connectivity index (χ3v) is 3.87. The van der Waals surface area contributed by atoms with Gasteiger partial charge < -0.3 is 20.9 Å². The molecule has 0 aliphatic carbocycles. The highest BCUT2D eigenvalue weighted by Gasteiger charge is 1.95. The summed E-state index contributed by atoms with van der Waals surface area (Å²) in [6.45, 7) is 1.48. The normalized spacial score (nSPS) is 10.3. The van der Waals surface area contributed by atoms with Crippen molar-refractivity contribution >= 4 is 23.5 Å². The van der Waals surface area contributed by atoms with E-state index in [2.05, 4.69) is 0 Å². The molecule has 4 nitrogen and oxygen atoms in total. The molecule has 146 valence electrons. The Bertz CT molecular complexity index is 834. The number of anilines is 2. The average molecular weight is 377 g/mol. The lowest BCUT2D eigenvalue weighted by Gasteiger charge is -2.04. The fourth-order valence-electron chi connectivity index (χ4n) is 2.41. The molecule has 0 unspecified atom stereocenters. The zero-order valence-electron chi connectivity index (χ0n) is 16.3. The number of ether oxygens (including phenoxy) is 2. The number of hydrogen-bond donors (Lipinski definition) is 2. The maximum Gasteiger partial charge on any atom is 0.119 e. The first-order valence-corrected chi connectivity index (χ1v) is 9.24. The van der Waals surface area contributed by atoms with Crippen LogP contribution in [0.2, 0.25) is 0 Å². The number of nitrogens with two attached hydrogens (primary N) is 2. The maximum atomic E-state index is 5.85. The molecule has 4 N–H and O–H groups in total. The highest BCUT2D eigenvalue weighted by Crippen LogP contribution is 2.18. The van der Waals surface area contributed by atoms with E-state index < -0.39 is 0 Å². The van der Waals surface area contributed by atoms with Crippen LogP contribution in [0.5, 0.6) is 5.75 Å². The van der Waals surface area contributed by atoms with Crippen molar-refractivity contribution in [1.82, 2.24) is 0 Å². The minimum absolute atomic E-state index is 0.689. The number of nitrogen functional groups attached to an aromatic ring is 2. The van der Waals surface area contributed by atoms with Crippen molar-refractivity contribution in [2.45, 2.75) is 6.42 Å². The largest absolute Gasteiger partial charge is 0.494 e. The van der Waals surface area contributed by atoms with Crippen LogP contribution in [0.15, 0.2) is 78.9 Å². The monoisotopic (exact) mass is 376 g/mol. The van der Waals surface area contributed by atoms with Crippen LogP contribution < -0.4 is 16.2 Å². The average Bonchev–Trinajstić information content (AvgIpc) is 2.73. The number of para-hydroxylation sites is 1. The minimum Gasteiger partial charge on any atom is -0.494 e. The van der Waals surface area contributed by atoms with Gasteiger partial charge in [-0.05, 0) is 35.4 Å². The van der Waals surface area contributed by atoms with E-state index >= 15 is 0 Å². The third-order valence-electron chi connectivity index (χ3n) is 3.87. The SMILES string of the molecule is COCCCOc1ccccc1.Nc1ccc(C=Cc2ccccc2)c(N)c1. The quantitative estimate of drug-likeness (QED) is 0.341. The van der Waals surface area contributed by atoms with E-state index in [0.717, 1.165) is 36.5 Å². The van der Waals surface area contributed by atoms with Crippen molar-refractivity contribution in [3.8, 4) is 5.75 Å². The molecule has 0 saturated heterocycles. The van der Waals surface area contributed by atoms with Crippen LogP contribution in [0, 0.1) is 0 Å². The number of hydrogen-bond acceptors (Lipinski definition) is 4. The molecule has 0 heterocycles. The molecule has 3 aromatic rings. The van der Waals surface area contributed by atoms with Crippen LogP contribution in [0.25, 0.3) is 12.2 Å². The first kappa shape index (κ1) is 21.1. The molecule has 0 saturated carbocycles. The Hall–Kier alpha value is -3.24. The molecule has 0 atom stereocenters. The smallest absolute Gasteiger partial charge is 0.119 e. The van der Waals surface area contributed by atoms with Gasteiger partial charge in [0.05, 0.1) is 6.61 Å². The van der Waals surface area contributed by atoms with Gasteiger partial charge in [0, 0.05) is 31.5 Å². The highest BCUT2D eigenvalue weighted by molar-refractivity contribution is 5.77. The second-order valence-corrected chi connectivity index (χ2v) is 6.14. The van der Waals surface area contributed by atoms with Gasteiger partial charge in [-0.1, -0.05) is 66.7 Å². The Morgan fingerprint density at radius 2 is 1.46 bits per heavy atom. The topological polar surface area (TPSA) is 70.5 Å². The highest BCUT2D eigenvalue weighted by atomic mass is 16.5. The van der Waals surface area contributed by atoms with Crippen LogP contribution in [0.1, 0.15) is 17.5 Å². The van der Waals surface area contributed by atoms with Gasteiger partial charge in [-0.3, -0.25) is 0 Å². The Morgan fingerprint density at radius 1 is 0.786 bits per heavy atom. The molecular formula is C24H28N2O2. The van der Waals surface area contributed by atoms with Gasteiger partial charge in [-0.2, -0.15) is 0 Å². The van der Waals surface area contributed by atoms with Crippen molar-refractivity contribution in [3.05, 3.63) is 90.0 Å². The Kier molecular flexibility index (Phi) is 9.18. The summed E-state index contributed by atoms with van der Waals surface area (Å²) in [5, 5.41) is 0. The predicted molar refractivity (Wildman–Crippen MR) is 119 cm³/mol. The molecule has 0 amide bonds. The van der Waals surface area contributed by atoms with Gasteiger partial charge in [0.2, 0.25) is 0 Å². The summed E-state index contributed by atoms with van der Waals surface area (Å²) in [6.07, 6.45) is 4.96. The van der Waals surface area contributed by atoms with Crippen molar-refractivity contribution in [2.24, 2.45) is 0 Å². The zero-order valence-corrected chi connectivity index (χ0v) is 16.3. The van der Waals surface area contributed by atoms with E-state index in [0.29, 0.717) is 11.4 Å². The summed E-state index contributed by atoms with van der Waals surface area (Å²) in [4.78, 5) is 0. The van der Waals surface area contributed by atoms with E-state index in [9.17, 15) is 0 Å². The van der Waals surface area contributed by atoms with Gasteiger partial charge >= 0.3 is 0 Å². The van der Waals surface area contributed by atoms with Crippen LogP contribution in [0.4, 0.5) is 11.4 Å². The van der Waals surface area contributed by atoms with Gasteiger partial charge in [0.15, 0.2) is 0 Å². The predicted octanol–water partition coefficient (Wildman–Crippen LogP) is 5.12. The van der Waals surface area contributed by atoms with E-state index in [1.807, 2.05) is 84.9 Å². The molecule has 0 aliphatic rings. The van der Waals surface area contributed by atoms with E-state index in [1.165, 1.54) is 0 Å². The van der Waals surface area contributed by atoms with Gasteiger partial charge in [-0.25, -0.2) is 0 Å². The molecule has 0 aliphatic heterocycles. The zero-order chi connectivity index (χ0) is 20.0. The minimum atomic E-state index is 0.689. The van der Waals surface area contributed by atoms with Gasteiger partial charge in [0.25, 0.3) is 0 Å². The molecule has 4 heteroatoms. The van der Waals surface area contributed by atoms with Gasteiger partial charge in [-0.15, -0.1) is 0 Å². The van der Waals surface area contributed by atoms with Crippen LogP contribution >= 0.6 is 0 Å². The fourth-order valence-corrected chi connectivity index (χ4v) is 2.41. The van der Waals surface area contributed by atoms with Crippen molar-refractivity contribution < 1.29 is 9.47 Å². The molecule has 3 rings (SSSR count). The number of benzene rings is 3. The first-order valence-electron chi connectivity index (χ1n) is 9.24. The first-order chi connectivity index (χ1) is 13.7. The second-order valence-electron chi connectivity index (χ2n) is 6.14. The summed E-state index contributed by atoms with van der Waals surface area (Å²) in [7, 11) is 1.70. The third kappa shape index (κ3) is 7.98. The number of methoxy groups -OCH3 is 1. The summed E-state index contributed by atoms with van der Waals surface area (Å²) >= 11 is 0. The molecule has 28 heavy (non-hydrogen) atoms. The fraction of sp³-hybridized carbons (Fsp3) is 0.167. The molecular weight excluding hydrogens is 348 g/mol. The molecule has 0 radical (unpaired) electrons. The van der Waals surface area contributed by atoms with Crippen LogP contribution in [-0.2, 0) is 4.74 Å². The van der Waals surface area contributed by atoms with E-state index in [4.69, 9.17) is 20.9 Å².